The molecule has 5 heteroatoms. The summed E-state index contributed by atoms with van der Waals surface area (Å²) < 4.78 is 5.69. The first kappa shape index (κ1) is 16.3. The van der Waals surface area contributed by atoms with E-state index in [0.29, 0.717) is 29.4 Å². The lowest BCUT2D eigenvalue weighted by Crippen LogP contribution is -2.25. The van der Waals surface area contributed by atoms with Crippen molar-refractivity contribution in [2.24, 2.45) is 0 Å². The fourth-order valence-electron chi connectivity index (χ4n) is 2.49. The van der Waals surface area contributed by atoms with Gasteiger partial charge in [0.2, 0.25) is 0 Å². The third-order valence-corrected chi connectivity index (χ3v) is 3.94. The van der Waals surface area contributed by atoms with Crippen LogP contribution in [-0.2, 0) is 6.42 Å². The molecule has 0 spiro atoms. The average molecular weight is 341 g/mol. The minimum atomic E-state index is -0.196. The van der Waals surface area contributed by atoms with Crippen LogP contribution in [0.15, 0.2) is 59.0 Å². The smallest absolute Gasteiger partial charge is 0.252 e. The zero-order chi connectivity index (χ0) is 16.9. The highest BCUT2D eigenvalue weighted by atomic mass is 35.5. The van der Waals surface area contributed by atoms with Gasteiger partial charge in [-0.2, -0.15) is 0 Å². The van der Waals surface area contributed by atoms with Gasteiger partial charge in [-0.3, -0.25) is 4.79 Å². The van der Waals surface area contributed by atoms with Crippen LogP contribution in [0.5, 0.6) is 0 Å². The van der Waals surface area contributed by atoms with E-state index in [9.17, 15) is 4.79 Å². The number of nitrogens with one attached hydrogen (secondary N) is 1. The zero-order valence-corrected chi connectivity index (χ0v) is 14.0. The van der Waals surface area contributed by atoms with Crippen LogP contribution < -0.4 is 5.32 Å². The molecule has 0 aliphatic rings. The molecule has 24 heavy (non-hydrogen) atoms. The number of carbonyl (C=O) groups excluding carboxylic acids is 1. The Hall–Kier alpha value is -2.59. The first-order chi connectivity index (χ1) is 11.6. The van der Waals surface area contributed by atoms with Crippen molar-refractivity contribution in [1.82, 2.24) is 10.3 Å². The Kier molecular flexibility index (Phi) is 4.96. The summed E-state index contributed by atoms with van der Waals surface area (Å²) in [5, 5.41) is 3.31. The maximum absolute atomic E-state index is 12.2. The predicted octanol–water partition coefficient (Wildman–Crippen LogP) is 4.28. The standard InChI is InChI=1S/C19H17ClN2O2/c1-13-22-18(14-7-3-2-4-8-14)17(24-13)11-12-21-19(23)15-9-5-6-10-16(15)20/h2-10H,11-12H2,1H3,(H,21,23). The molecule has 1 amide bonds. The fourth-order valence-corrected chi connectivity index (χ4v) is 2.71. The molecule has 2 aromatic carbocycles. The van der Waals surface area contributed by atoms with Gasteiger partial charge in [-0.25, -0.2) is 4.98 Å². The van der Waals surface area contributed by atoms with Gasteiger partial charge in [-0.1, -0.05) is 54.1 Å². The Morgan fingerprint density at radius 1 is 1.12 bits per heavy atom. The molecule has 0 aliphatic carbocycles. The fraction of sp³-hybridized carbons (Fsp3) is 0.158. The lowest BCUT2D eigenvalue weighted by Gasteiger charge is -2.06. The highest BCUT2D eigenvalue weighted by Gasteiger charge is 2.14. The summed E-state index contributed by atoms with van der Waals surface area (Å²) >= 11 is 6.03. The third-order valence-electron chi connectivity index (χ3n) is 3.61. The van der Waals surface area contributed by atoms with Crippen molar-refractivity contribution >= 4 is 17.5 Å². The van der Waals surface area contributed by atoms with Crippen LogP contribution in [0.2, 0.25) is 5.02 Å². The largest absolute Gasteiger partial charge is 0.445 e. The highest BCUT2D eigenvalue weighted by molar-refractivity contribution is 6.33. The van der Waals surface area contributed by atoms with E-state index in [1.165, 1.54) is 0 Å². The lowest BCUT2D eigenvalue weighted by molar-refractivity contribution is 0.0954. The van der Waals surface area contributed by atoms with Gasteiger partial charge in [-0.05, 0) is 12.1 Å². The second-order valence-electron chi connectivity index (χ2n) is 5.36. The van der Waals surface area contributed by atoms with Crippen molar-refractivity contribution < 1.29 is 9.21 Å². The van der Waals surface area contributed by atoms with Crippen LogP contribution in [0.1, 0.15) is 22.0 Å². The van der Waals surface area contributed by atoms with Crippen LogP contribution in [0.25, 0.3) is 11.3 Å². The topological polar surface area (TPSA) is 55.1 Å². The molecular weight excluding hydrogens is 324 g/mol. The number of carbonyl (C=O) groups is 1. The van der Waals surface area contributed by atoms with E-state index in [-0.39, 0.29) is 5.91 Å². The Balaban J connectivity index is 1.68. The minimum absolute atomic E-state index is 0.196. The van der Waals surface area contributed by atoms with Gasteiger partial charge in [0.05, 0.1) is 10.6 Å². The summed E-state index contributed by atoms with van der Waals surface area (Å²) in [5.74, 6) is 1.18. The van der Waals surface area contributed by atoms with Crippen molar-refractivity contribution in [3.8, 4) is 11.3 Å². The molecule has 1 aromatic heterocycles. The molecule has 0 saturated heterocycles. The van der Waals surface area contributed by atoms with E-state index in [0.717, 1.165) is 17.0 Å². The maximum Gasteiger partial charge on any atom is 0.252 e. The number of nitrogens with zero attached hydrogens (tertiary/aromatic N) is 1. The molecule has 0 bridgehead atoms. The van der Waals surface area contributed by atoms with Gasteiger partial charge in [0, 0.05) is 25.5 Å². The summed E-state index contributed by atoms with van der Waals surface area (Å²) in [6.07, 6.45) is 0.557. The highest BCUT2D eigenvalue weighted by Crippen LogP contribution is 2.24. The summed E-state index contributed by atoms with van der Waals surface area (Å²) in [5.41, 5.74) is 2.29. The van der Waals surface area contributed by atoms with E-state index in [2.05, 4.69) is 10.3 Å². The maximum atomic E-state index is 12.2. The van der Waals surface area contributed by atoms with Crippen LogP contribution in [0.4, 0.5) is 0 Å². The molecule has 0 saturated carbocycles. The molecule has 1 heterocycles. The number of aromatic nitrogens is 1. The van der Waals surface area contributed by atoms with E-state index >= 15 is 0 Å². The van der Waals surface area contributed by atoms with E-state index in [1.54, 1.807) is 24.3 Å². The first-order valence-corrected chi connectivity index (χ1v) is 8.07. The number of amides is 1. The van der Waals surface area contributed by atoms with Gasteiger partial charge in [0.1, 0.15) is 11.5 Å². The molecular formula is C19H17ClN2O2. The van der Waals surface area contributed by atoms with Gasteiger partial charge in [-0.15, -0.1) is 0 Å². The Morgan fingerprint density at radius 3 is 2.58 bits per heavy atom. The van der Waals surface area contributed by atoms with Crippen molar-refractivity contribution in [3.63, 3.8) is 0 Å². The van der Waals surface area contributed by atoms with Crippen LogP contribution >= 0.6 is 11.6 Å². The molecule has 0 unspecified atom stereocenters. The van der Waals surface area contributed by atoms with Crippen LogP contribution in [0, 0.1) is 6.92 Å². The summed E-state index contributed by atoms with van der Waals surface area (Å²) in [6.45, 7) is 2.26. The Bertz CT molecular complexity index is 844. The van der Waals surface area contributed by atoms with E-state index in [4.69, 9.17) is 16.0 Å². The average Bonchev–Trinajstić information content (AvgIpc) is 2.97. The molecule has 3 aromatic rings. The van der Waals surface area contributed by atoms with Crippen molar-refractivity contribution in [2.45, 2.75) is 13.3 Å². The third kappa shape index (κ3) is 3.66. The predicted molar refractivity (Wildman–Crippen MR) is 94.2 cm³/mol. The summed E-state index contributed by atoms with van der Waals surface area (Å²) in [7, 11) is 0. The molecule has 0 radical (unpaired) electrons. The normalized spacial score (nSPS) is 10.6. The number of aryl methyl sites for hydroxylation is 1. The molecule has 0 aliphatic heterocycles. The van der Waals surface area contributed by atoms with E-state index < -0.39 is 0 Å². The van der Waals surface area contributed by atoms with Gasteiger partial charge >= 0.3 is 0 Å². The second kappa shape index (κ2) is 7.32. The van der Waals surface area contributed by atoms with Crippen molar-refractivity contribution in [3.05, 3.63) is 76.8 Å². The molecule has 122 valence electrons. The monoisotopic (exact) mass is 340 g/mol. The molecule has 3 rings (SSSR count). The molecule has 0 fully saturated rings. The second-order valence-corrected chi connectivity index (χ2v) is 5.76. The number of halogens is 1. The summed E-state index contributed by atoms with van der Waals surface area (Å²) in [6, 6.07) is 16.8. The number of benzene rings is 2. The number of oxazole rings is 1. The first-order valence-electron chi connectivity index (χ1n) is 7.69. The van der Waals surface area contributed by atoms with Crippen molar-refractivity contribution in [2.75, 3.05) is 6.54 Å². The Morgan fingerprint density at radius 2 is 1.83 bits per heavy atom. The minimum Gasteiger partial charge on any atom is -0.445 e. The molecule has 4 nitrogen and oxygen atoms in total. The van der Waals surface area contributed by atoms with Gasteiger partial charge in [0.15, 0.2) is 5.89 Å². The molecule has 1 N–H and O–H groups in total. The number of hydrogen-bond donors (Lipinski definition) is 1. The number of hydrogen-bond acceptors (Lipinski definition) is 3. The van der Waals surface area contributed by atoms with Gasteiger partial charge in [0.25, 0.3) is 5.91 Å². The SMILES string of the molecule is Cc1nc(-c2ccccc2)c(CCNC(=O)c2ccccc2Cl)o1. The lowest BCUT2D eigenvalue weighted by atomic mass is 10.1. The van der Waals surface area contributed by atoms with Crippen LogP contribution in [-0.4, -0.2) is 17.4 Å². The summed E-state index contributed by atoms with van der Waals surface area (Å²) in [4.78, 5) is 16.6. The van der Waals surface area contributed by atoms with Crippen LogP contribution in [0.3, 0.4) is 0 Å². The van der Waals surface area contributed by atoms with Crippen molar-refractivity contribution in [1.29, 1.82) is 0 Å². The zero-order valence-electron chi connectivity index (χ0n) is 13.3. The quantitative estimate of drug-likeness (QED) is 0.754. The van der Waals surface area contributed by atoms with Gasteiger partial charge < -0.3 is 9.73 Å². The Labute approximate surface area is 145 Å². The molecule has 0 atom stereocenters. The number of rotatable bonds is 5. The van der Waals surface area contributed by atoms with E-state index in [1.807, 2.05) is 37.3 Å².